The lowest BCUT2D eigenvalue weighted by atomic mass is 9.35. The standard InChI is InChI=1S/C46H42BN3/c1-45(2,3)34-23-25-48-40(29-34)32-15-11-16-36(27-32)47-38-18-9-10-19-43(38)50(42-20-12-14-31-13-7-8-17-37(31)42)44-22-21-33(28-39(44)47)41-30-35(24-26-49-41)46(4,5)6/h7-30H,1-6H3. The Balaban J connectivity index is 1.36. The molecule has 4 heteroatoms. The molecule has 0 N–H and O–H groups in total. The quantitative estimate of drug-likeness (QED) is 0.178. The van der Waals surface area contributed by atoms with Gasteiger partial charge in [0.05, 0.1) is 17.1 Å². The van der Waals surface area contributed by atoms with Gasteiger partial charge in [-0.05, 0) is 91.9 Å². The molecule has 1 aliphatic rings. The molecular formula is C46H42BN3. The lowest BCUT2D eigenvalue weighted by Crippen LogP contribution is -2.57. The minimum Gasteiger partial charge on any atom is -0.311 e. The van der Waals surface area contributed by atoms with Crippen LogP contribution in [0.3, 0.4) is 0 Å². The Labute approximate surface area is 296 Å². The number of benzene rings is 5. The van der Waals surface area contributed by atoms with Crippen LogP contribution in [-0.4, -0.2) is 16.7 Å². The van der Waals surface area contributed by atoms with Crippen molar-refractivity contribution < 1.29 is 0 Å². The highest BCUT2D eigenvalue weighted by atomic mass is 15.2. The first-order chi connectivity index (χ1) is 24.1. The second-order valence-corrected chi connectivity index (χ2v) is 15.6. The lowest BCUT2D eigenvalue weighted by Gasteiger charge is -2.38. The molecule has 0 atom stereocenters. The summed E-state index contributed by atoms with van der Waals surface area (Å²) in [4.78, 5) is 12.2. The molecule has 0 unspecified atom stereocenters. The minimum atomic E-state index is 0.00363. The Morgan fingerprint density at radius 3 is 1.78 bits per heavy atom. The third-order valence-electron chi connectivity index (χ3n) is 10.1. The molecule has 8 rings (SSSR count). The van der Waals surface area contributed by atoms with E-state index in [4.69, 9.17) is 9.97 Å². The van der Waals surface area contributed by atoms with Crippen LogP contribution < -0.4 is 21.3 Å². The molecule has 3 nitrogen and oxygen atoms in total. The van der Waals surface area contributed by atoms with E-state index in [9.17, 15) is 0 Å². The van der Waals surface area contributed by atoms with Crippen LogP contribution in [0.2, 0.25) is 0 Å². The lowest BCUT2D eigenvalue weighted by molar-refractivity contribution is 0.589. The number of hydrogen-bond donors (Lipinski definition) is 0. The van der Waals surface area contributed by atoms with Crippen molar-refractivity contribution in [2.75, 3.05) is 4.90 Å². The van der Waals surface area contributed by atoms with E-state index in [1.165, 1.54) is 55.3 Å². The molecule has 0 radical (unpaired) electrons. The smallest absolute Gasteiger partial charge is 0.246 e. The van der Waals surface area contributed by atoms with Gasteiger partial charge in [0.25, 0.3) is 0 Å². The number of fused-ring (bicyclic) bond motifs is 3. The van der Waals surface area contributed by atoms with Crippen LogP contribution in [0.4, 0.5) is 17.1 Å². The first-order valence-corrected chi connectivity index (χ1v) is 17.6. The van der Waals surface area contributed by atoms with E-state index >= 15 is 0 Å². The van der Waals surface area contributed by atoms with Gasteiger partial charge in [0, 0.05) is 29.2 Å². The van der Waals surface area contributed by atoms with E-state index in [1.807, 2.05) is 12.4 Å². The third kappa shape index (κ3) is 5.69. The summed E-state index contributed by atoms with van der Waals surface area (Å²) < 4.78 is 0. The molecule has 0 bridgehead atoms. The zero-order valence-electron chi connectivity index (χ0n) is 29.8. The first kappa shape index (κ1) is 31.8. The van der Waals surface area contributed by atoms with Gasteiger partial charge < -0.3 is 4.90 Å². The summed E-state index contributed by atoms with van der Waals surface area (Å²) in [5.41, 5.74) is 14.2. The zero-order chi connectivity index (χ0) is 34.6. The molecule has 50 heavy (non-hydrogen) atoms. The Morgan fingerprint density at radius 1 is 0.480 bits per heavy atom. The third-order valence-corrected chi connectivity index (χ3v) is 10.1. The molecule has 0 saturated heterocycles. The van der Waals surface area contributed by atoms with Crippen LogP contribution in [-0.2, 0) is 10.8 Å². The Hall–Kier alpha value is -5.48. The normalized spacial score (nSPS) is 12.9. The molecule has 1 aliphatic heterocycles. The van der Waals surface area contributed by atoms with E-state index in [1.54, 1.807) is 0 Å². The Bertz CT molecular complexity index is 2370. The first-order valence-electron chi connectivity index (χ1n) is 17.6. The summed E-state index contributed by atoms with van der Waals surface area (Å²) in [7, 11) is 0. The highest BCUT2D eigenvalue weighted by molar-refractivity contribution is 6.98. The van der Waals surface area contributed by atoms with Gasteiger partial charge in [0.15, 0.2) is 0 Å². The fraction of sp³-hybridized carbons (Fsp3) is 0.174. The zero-order valence-corrected chi connectivity index (χ0v) is 29.8. The topological polar surface area (TPSA) is 29.0 Å². The molecule has 2 aromatic heterocycles. The van der Waals surface area contributed by atoms with Gasteiger partial charge in [-0.1, -0.05) is 138 Å². The van der Waals surface area contributed by atoms with Crippen molar-refractivity contribution in [3.63, 3.8) is 0 Å². The van der Waals surface area contributed by atoms with Crippen molar-refractivity contribution in [3.05, 3.63) is 157 Å². The number of nitrogens with zero attached hydrogens (tertiary/aromatic N) is 3. The second kappa shape index (κ2) is 12.1. The largest absolute Gasteiger partial charge is 0.311 e. The summed E-state index contributed by atoms with van der Waals surface area (Å²) in [5.74, 6) is 0. The van der Waals surface area contributed by atoms with Crippen LogP contribution in [0.1, 0.15) is 52.7 Å². The number of hydrogen-bond acceptors (Lipinski definition) is 3. The highest BCUT2D eigenvalue weighted by Gasteiger charge is 2.36. The molecule has 0 amide bonds. The van der Waals surface area contributed by atoms with E-state index in [-0.39, 0.29) is 17.5 Å². The maximum atomic E-state index is 4.89. The molecule has 7 aromatic rings. The molecule has 5 aromatic carbocycles. The van der Waals surface area contributed by atoms with E-state index in [2.05, 4.69) is 180 Å². The Morgan fingerprint density at radius 2 is 1.06 bits per heavy atom. The molecule has 0 spiro atoms. The summed E-state index contributed by atoms with van der Waals surface area (Å²) in [6.07, 6.45) is 3.90. The van der Waals surface area contributed by atoms with E-state index in [0.29, 0.717) is 0 Å². The molecule has 0 saturated carbocycles. The number of rotatable bonds is 4. The summed E-state index contributed by atoms with van der Waals surface area (Å²) in [5, 5.41) is 2.45. The van der Waals surface area contributed by atoms with Crippen molar-refractivity contribution in [2.24, 2.45) is 0 Å². The van der Waals surface area contributed by atoms with Crippen molar-refractivity contribution >= 4 is 50.9 Å². The summed E-state index contributed by atoms with van der Waals surface area (Å²) in [6.45, 7) is 13.5. The van der Waals surface area contributed by atoms with E-state index in [0.717, 1.165) is 22.5 Å². The van der Waals surface area contributed by atoms with Crippen LogP contribution in [0, 0.1) is 0 Å². The van der Waals surface area contributed by atoms with Crippen molar-refractivity contribution in [3.8, 4) is 22.5 Å². The number of anilines is 3. The van der Waals surface area contributed by atoms with Gasteiger partial charge in [-0.15, -0.1) is 0 Å². The van der Waals surface area contributed by atoms with Crippen LogP contribution in [0.15, 0.2) is 146 Å². The van der Waals surface area contributed by atoms with E-state index < -0.39 is 0 Å². The van der Waals surface area contributed by atoms with Crippen molar-refractivity contribution in [1.29, 1.82) is 0 Å². The predicted octanol–water partition coefficient (Wildman–Crippen LogP) is 9.86. The predicted molar refractivity (Wildman–Crippen MR) is 214 cm³/mol. The minimum absolute atomic E-state index is 0.00363. The number of para-hydroxylation sites is 1. The summed E-state index contributed by atoms with van der Waals surface area (Å²) >= 11 is 0. The van der Waals surface area contributed by atoms with Gasteiger partial charge in [-0.3, -0.25) is 9.97 Å². The second-order valence-electron chi connectivity index (χ2n) is 15.6. The fourth-order valence-electron chi connectivity index (χ4n) is 7.39. The molecule has 0 fully saturated rings. The molecule has 0 aliphatic carbocycles. The number of pyridine rings is 2. The maximum absolute atomic E-state index is 4.89. The molecular weight excluding hydrogens is 605 g/mol. The average Bonchev–Trinajstić information content (AvgIpc) is 3.13. The highest BCUT2D eigenvalue weighted by Crippen LogP contribution is 2.40. The van der Waals surface area contributed by atoms with Crippen LogP contribution >= 0.6 is 0 Å². The fourth-order valence-corrected chi connectivity index (χ4v) is 7.39. The van der Waals surface area contributed by atoms with Gasteiger partial charge in [0.2, 0.25) is 6.71 Å². The van der Waals surface area contributed by atoms with Gasteiger partial charge in [-0.25, -0.2) is 0 Å². The molecule has 3 heterocycles. The Kier molecular flexibility index (Phi) is 7.71. The van der Waals surface area contributed by atoms with Gasteiger partial charge in [-0.2, -0.15) is 0 Å². The van der Waals surface area contributed by atoms with Crippen LogP contribution in [0.5, 0.6) is 0 Å². The van der Waals surface area contributed by atoms with Crippen molar-refractivity contribution in [2.45, 2.75) is 52.4 Å². The monoisotopic (exact) mass is 647 g/mol. The average molecular weight is 648 g/mol. The van der Waals surface area contributed by atoms with Gasteiger partial charge >= 0.3 is 0 Å². The van der Waals surface area contributed by atoms with Gasteiger partial charge in [0.1, 0.15) is 0 Å². The SMILES string of the molecule is CC(C)(C)c1ccnc(-c2cccc(B3c4ccccc4N(c4cccc5ccccc45)c4ccc(-c5cc(C(C)(C)C)ccn5)cc43)c2)c1. The summed E-state index contributed by atoms with van der Waals surface area (Å²) in [6, 6.07) is 48.9. The molecule has 244 valence electrons. The maximum Gasteiger partial charge on any atom is 0.246 e. The van der Waals surface area contributed by atoms with Crippen molar-refractivity contribution in [1.82, 2.24) is 9.97 Å². The number of aromatic nitrogens is 2. The van der Waals surface area contributed by atoms with Crippen LogP contribution in [0.25, 0.3) is 33.3 Å².